The van der Waals surface area contributed by atoms with E-state index in [4.69, 9.17) is 5.11 Å². The van der Waals surface area contributed by atoms with Gasteiger partial charge in [-0.15, -0.1) is 0 Å². The number of carbonyl (C=O) groups is 1. The molecule has 0 aliphatic rings. The molecule has 0 aromatic heterocycles. The summed E-state index contributed by atoms with van der Waals surface area (Å²) in [6.07, 6.45) is 1.72. The summed E-state index contributed by atoms with van der Waals surface area (Å²) in [5.41, 5.74) is 0.835. The molecule has 0 bridgehead atoms. The molecule has 0 aliphatic heterocycles. The van der Waals surface area contributed by atoms with Gasteiger partial charge in [-0.1, -0.05) is 32.1 Å². The van der Waals surface area contributed by atoms with Crippen molar-refractivity contribution in [3.05, 3.63) is 29.6 Å². The molecule has 102 valence electrons. The van der Waals surface area contributed by atoms with Crippen molar-refractivity contribution in [1.29, 1.82) is 0 Å². The van der Waals surface area contributed by atoms with Crippen molar-refractivity contribution in [1.82, 2.24) is 0 Å². The first-order valence-corrected chi connectivity index (χ1v) is 6.28. The largest absolute Gasteiger partial charge is 0.384 e. The van der Waals surface area contributed by atoms with Crippen LogP contribution in [0, 0.1) is 23.6 Å². The highest BCUT2D eigenvalue weighted by molar-refractivity contribution is 5.93. The van der Waals surface area contributed by atoms with Crippen LogP contribution in [0.5, 0.6) is 0 Å². The van der Waals surface area contributed by atoms with Gasteiger partial charge in [-0.25, -0.2) is 4.39 Å². The van der Waals surface area contributed by atoms with Gasteiger partial charge >= 0.3 is 0 Å². The van der Waals surface area contributed by atoms with Crippen LogP contribution in [0.1, 0.15) is 32.3 Å². The Kier molecular flexibility index (Phi) is 6.04. The lowest BCUT2D eigenvalue weighted by Gasteiger charge is -2.12. The summed E-state index contributed by atoms with van der Waals surface area (Å²) >= 11 is 0. The molecule has 3 nitrogen and oxygen atoms in total. The molecule has 0 saturated carbocycles. The molecule has 0 aliphatic carbocycles. The molecule has 1 amide bonds. The molecule has 1 aromatic carbocycles. The van der Waals surface area contributed by atoms with Gasteiger partial charge in [-0.05, 0) is 24.6 Å². The van der Waals surface area contributed by atoms with Crippen LogP contribution in [-0.4, -0.2) is 17.6 Å². The molecular formula is C15H18FNO2. The number of rotatable bonds is 4. The highest BCUT2D eigenvalue weighted by atomic mass is 19.1. The normalized spacial score (nSPS) is 11.4. The number of anilines is 1. The second-order valence-electron chi connectivity index (χ2n) is 4.33. The summed E-state index contributed by atoms with van der Waals surface area (Å²) in [6.45, 7) is 3.55. The predicted molar refractivity (Wildman–Crippen MR) is 73.1 cm³/mol. The average Bonchev–Trinajstić information content (AvgIpc) is 2.39. The zero-order valence-corrected chi connectivity index (χ0v) is 11.2. The van der Waals surface area contributed by atoms with Crippen LogP contribution in [0.2, 0.25) is 0 Å². The lowest BCUT2D eigenvalue weighted by atomic mass is 10.0. The van der Waals surface area contributed by atoms with Crippen molar-refractivity contribution in [2.24, 2.45) is 5.92 Å². The Hall–Kier alpha value is -1.86. The van der Waals surface area contributed by atoms with Crippen LogP contribution >= 0.6 is 0 Å². The molecule has 2 N–H and O–H groups in total. The van der Waals surface area contributed by atoms with Gasteiger partial charge in [-0.2, -0.15) is 0 Å². The third-order valence-corrected chi connectivity index (χ3v) is 2.71. The number of hydrogen-bond donors (Lipinski definition) is 2. The summed E-state index contributed by atoms with van der Waals surface area (Å²) in [7, 11) is 0. The topological polar surface area (TPSA) is 49.3 Å². The lowest BCUT2D eigenvalue weighted by molar-refractivity contribution is -0.119. The summed E-state index contributed by atoms with van der Waals surface area (Å²) in [4.78, 5) is 11.9. The van der Waals surface area contributed by atoms with E-state index in [1.165, 1.54) is 18.2 Å². The molecule has 1 atom stereocenters. The maximum Gasteiger partial charge on any atom is 0.227 e. The van der Waals surface area contributed by atoms with Gasteiger partial charge in [0.2, 0.25) is 5.91 Å². The third-order valence-electron chi connectivity index (χ3n) is 2.71. The first-order valence-electron chi connectivity index (χ1n) is 6.28. The van der Waals surface area contributed by atoms with Crippen molar-refractivity contribution in [2.45, 2.75) is 26.7 Å². The number of aliphatic hydroxyl groups is 1. The second-order valence-corrected chi connectivity index (χ2v) is 4.33. The first kappa shape index (κ1) is 15.2. The van der Waals surface area contributed by atoms with Crippen LogP contribution < -0.4 is 5.32 Å². The summed E-state index contributed by atoms with van der Waals surface area (Å²) in [5.74, 6) is 4.43. The number of aliphatic hydroxyl groups excluding tert-OH is 1. The number of halogens is 1. The fraction of sp³-hybridized carbons (Fsp3) is 0.400. The number of carbonyl (C=O) groups excluding carboxylic acids is 1. The van der Waals surface area contributed by atoms with Crippen molar-refractivity contribution in [2.75, 3.05) is 11.9 Å². The first-order chi connectivity index (χ1) is 9.08. The Bertz CT molecular complexity index is 503. The Morgan fingerprint density at radius 2 is 2.26 bits per heavy atom. The molecule has 19 heavy (non-hydrogen) atoms. The van der Waals surface area contributed by atoms with Gasteiger partial charge in [0.05, 0.1) is 11.3 Å². The van der Waals surface area contributed by atoms with E-state index in [1.807, 2.05) is 13.8 Å². The van der Waals surface area contributed by atoms with Crippen molar-refractivity contribution in [3.8, 4) is 11.8 Å². The van der Waals surface area contributed by atoms with Crippen LogP contribution in [-0.2, 0) is 4.79 Å². The van der Waals surface area contributed by atoms with E-state index in [1.54, 1.807) is 0 Å². The minimum atomic E-state index is -0.429. The molecule has 0 radical (unpaired) electrons. The minimum Gasteiger partial charge on any atom is -0.384 e. The zero-order valence-electron chi connectivity index (χ0n) is 11.2. The Morgan fingerprint density at radius 1 is 1.53 bits per heavy atom. The maximum absolute atomic E-state index is 13.1. The Balaban J connectivity index is 2.91. The Morgan fingerprint density at radius 3 is 2.89 bits per heavy atom. The van der Waals surface area contributed by atoms with Crippen LogP contribution in [0.4, 0.5) is 10.1 Å². The predicted octanol–water partition coefficient (Wildman–Crippen LogP) is 2.54. The molecule has 1 aromatic rings. The standard InChI is InChI=1S/C15H18FNO2/c1-3-5-11(2)15(19)17-14-8-7-13(16)10-12(14)6-4-9-18/h7-8,10-11,18H,3,5,9H2,1-2H3,(H,17,19). The highest BCUT2D eigenvalue weighted by Gasteiger charge is 2.13. The molecular weight excluding hydrogens is 245 g/mol. The summed E-state index contributed by atoms with van der Waals surface area (Å²) in [5, 5.41) is 11.4. The molecule has 0 fully saturated rings. The minimum absolute atomic E-state index is 0.103. The lowest BCUT2D eigenvalue weighted by Crippen LogP contribution is -2.20. The van der Waals surface area contributed by atoms with Gasteiger partial charge in [0.1, 0.15) is 12.4 Å². The fourth-order valence-corrected chi connectivity index (χ4v) is 1.68. The quantitative estimate of drug-likeness (QED) is 0.820. The molecule has 4 heteroatoms. The highest BCUT2D eigenvalue weighted by Crippen LogP contribution is 2.18. The number of nitrogens with one attached hydrogen (secondary N) is 1. The number of benzene rings is 1. The SMILES string of the molecule is CCCC(C)C(=O)Nc1ccc(F)cc1C#CCO. The van der Waals surface area contributed by atoms with Gasteiger partial charge in [-0.3, -0.25) is 4.79 Å². The van der Waals surface area contributed by atoms with E-state index < -0.39 is 5.82 Å². The fourth-order valence-electron chi connectivity index (χ4n) is 1.68. The van der Waals surface area contributed by atoms with E-state index >= 15 is 0 Å². The average molecular weight is 263 g/mol. The van der Waals surface area contributed by atoms with Gasteiger partial charge in [0.25, 0.3) is 0 Å². The summed E-state index contributed by atoms with van der Waals surface area (Å²) in [6, 6.07) is 3.99. The van der Waals surface area contributed by atoms with E-state index in [2.05, 4.69) is 17.2 Å². The molecule has 0 spiro atoms. The van der Waals surface area contributed by atoms with Crippen LogP contribution in [0.3, 0.4) is 0 Å². The van der Waals surface area contributed by atoms with Crippen LogP contribution in [0.25, 0.3) is 0 Å². The zero-order chi connectivity index (χ0) is 14.3. The molecule has 1 rings (SSSR count). The smallest absolute Gasteiger partial charge is 0.227 e. The van der Waals surface area contributed by atoms with Crippen molar-refractivity contribution < 1.29 is 14.3 Å². The van der Waals surface area contributed by atoms with Crippen LogP contribution in [0.15, 0.2) is 18.2 Å². The van der Waals surface area contributed by atoms with Gasteiger partial charge in [0.15, 0.2) is 0 Å². The van der Waals surface area contributed by atoms with E-state index in [0.29, 0.717) is 11.3 Å². The Labute approximate surface area is 112 Å². The third kappa shape index (κ3) is 4.72. The van der Waals surface area contributed by atoms with Crippen molar-refractivity contribution in [3.63, 3.8) is 0 Å². The maximum atomic E-state index is 13.1. The van der Waals surface area contributed by atoms with Gasteiger partial charge < -0.3 is 10.4 Å². The second kappa shape index (κ2) is 7.55. The molecule has 1 unspecified atom stereocenters. The number of amides is 1. The van der Waals surface area contributed by atoms with Gasteiger partial charge in [0, 0.05) is 5.92 Å². The van der Waals surface area contributed by atoms with Crippen molar-refractivity contribution >= 4 is 11.6 Å². The summed E-state index contributed by atoms with van der Waals surface area (Å²) < 4.78 is 13.1. The number of hydrogen-bond acceptors (Lipinski definition) is 2. The monoisotopic (exact) mass is 263 g/mol. The van der Waals surface area contributed by atoms with E-state index in [0.717, 1.165) is 12.8 Å². The van der Waals surface area contributed by atoms with E-state index in [-0.39, 0.29) is 18.4 Å². The molecule has 0 heterocycles. The molecule has 0 saturated heterocycles. The van der Waals surface area contributed by atoms with E-state index in [9.17, 15) is 9.18 Å².